The Balaban J connectivity index is 1.02. The van der Waals surface area contributed by atoms with Crippen LogP contribution in [0.3, 0.4) is 0 Å². The Morgan fingerprint density at radius 3 is 1.57 bits per heavy atom. The lowest BCUT2D eigenvalue weighted by Gasteiger charge is -2.11. The van der Waals surface area contributed by atoms with Crippen molar-refractivity contribution >= 4 is 43.6 Å². The van der Waals surface area contributed by atoms with Crippen molar-refractivity contribution < 1.29 is 0 Å². The molecule has 0 spiro atoms. The third-order valence-electron chi connectivity index (χ3n) is 11.0. The molecule has 0 aliphatic heterocycles. The van der Waals surface area contributed by atoms with Crippen LogP contribution in [0, 0.1) is 0 Å². The van der Waals surface area contributed by atoms with E-state index in [1.165, 1.54) is 99.5 Å². The minimum Gasteiger partial charge on any atom is -0.309 e. The number of nitrogens with zero attached hydrogens (tertiary/aromatic N) is 2. The number of aromatic nitrogens is 2. The van der Waals surface area contributed by atoms with Crippen LogP contribution < -0.4 is 0 Å². The van der Waals surface area contributed by atoms with Gasteiger partial charge in [-0.05, 0) is 99.1 Å². The van der Waals surface area contributed by atoms with Crippen molar-refractivity contribution in [3.63, 3.8) is 0 Å². The zero-order valence-corrected chi connectivity index (χ0v) is 27.9. The van der Waals surface area contributed by atoms with Crippen LogP contribution in [0.2, 0.25) is 0 Å². The Morgan fingerprint density at radius 2 is 0.863 bits per heavy atom. The van der Waals surface area contributed by atoms with E-state index >= 15 is 0 Å². The lowest BCUT2D eigenvalue weighted by atomic mass is 9.97. The summed E-state index contributed by atoms with van der Waals surface area (Å²) in [6.45, 7) is 0. The Bertz CT molecular complexity index is 2960. The molecule has 11 rings (SSSR count). The highest BCUT2D eigenvalue weighted by Gasteiger charge is 2.25. The molecule has 0 radical (unpaired) electrons. The van der Waals surface area contributed by atoms with Crippen molar-refractivity contribution in [2.24, 2.45) is 0 Å². The first-order chi connectivity index (χ1) is 25.3. The molecule has 2 heteroatoms. The molecule has 0 amide bonds. The molecule has 0 atom stereocenters. The smallest absolute Gasteiger partial charge is 0.0582 e. The van der Waals surface area contributed by atoms with Gasteiger partial charge in [0.15, 0.2) is 0 Å². The van der Waals surface area contributed by atoms with Gasteiger partial charge in [0.1, 0.15) is 0 Å². The summed E-state index contributed by atoms with van der Waals surface area (Å²) in [7, 11) is 0. The second-order valence-corrected chi connectivity index (χ2v) is 13.7. The van der Waals surface area contributed by atoms with E-state index in [-0.39, 0.29) is 0 Å². The van der Waals surface area contributed by atoms with Crippen LogP contribution in [-0.2, 0) is 6.42 Å². The first-order valence-electron chi connectivity index (χ1n) is 17.7. The summed E-state index contributed by atoms with van der Waals surface area (Å²) in [5.74, 6) is 0. The van der Waals surface area contributed by atoms with Crippen molar-refractivity contribution in [1.82, 2.24) is 9.13 Å². The van der Waals surface area contributed by atoms with E-state index in [9.17, 15) is 0 Å². The normalized spacial score (nSPS) is 12.2. The molecule has 2 nitrogen and oxygen atoms in total. The number of benzene rings is 8. The molecule has 0 fully saturated rings. The number of fused-ring (bicyclic) bond motifs is 10. The van der Waals surface area contributed by atoms with Gasteiger partial charge in [0.05, 0.1) is 22.1 Å². The Hall–Kier alpha value is -6.64. The monoisotopic (exact) mass is 648 g/mol. The second kappa shape index (κ2) is 10.9. The predicted molar refractivity (Wildman–Crippen MR) is 214 cm³/mol. The molecule has 1 aliphatic rings. The zero-order chi connectivity index (χ0) is 33.5. The van der Waals surface area contributed by atoms with Crippen LogP contribution in [0.4, 0.5) is 0 Å². The summed E-state index contributed by atoms with van der Waals surface area (Å²) in [5, 5.41) is 5.13. The molecular formula is C49H32N2. The van der Waals surface area contributed by atoms with Crippen LogP contribution in [0.1, 0.15) is 11.1 Å². The SMILES string of the molecule is c1ccc(-n2c3ccccc3c3cc(-c4ccc(-c5ccc6c(c5)c5ccc7c(c5n6-c5ccccc5)Cc5ccccc5-7)cc4)ccc32)cc1. The summed E-state index contributed by atoms with van der Waals surface area (Å²) in [4.78, 5) is 0. The Labute approximate surface area is 296 Å². The van der Waals surface area contributed by atoms with Crippen molar-refractivity contribution in [3.8, 4) is 44.8 Å². The summed E-state index contributed by atoms with van der Waals surface area (Å²) in [6.07, 6.45) is 0.957. The molecule has 0 saturated heterocycles. The van der Waals surface area contributed by atoms with Gasteiger partial charge in [0.25, 0.3) is 0 Å². The average Bonchev–Trinajstić information content (AvgIpc) is 3.86. The van der Waals surface area contributed by atoms with Gasteiger partial charge < -0.3 is 9.13 Å². The second-order valence-electron chi connectivity index (χ2n) is 13.7. The standard InChI is InChI=1S/C49H32N2/c1-3-12-37(13-4-1)50-46-18-10-9-17-41(46)43-29-34(23-27-47(43)50)32-19-21-33(22-20-32)35-24-28-48-44(30-35)42-26-25-40-39-16-8-7-11-36(39)31-45(40)49(42)51(48)38-14-5-2-6-15-38/h1-30H,31H2. The summed E-state index contributed by atoms with van der Waals surface area (Å²) >= 11 is 0. The molecule has 51 heavy (non-hydrogen) atoms. The third-order valence-corrected chi connectivity index (χ3v) is 11.0. The van der Waals surface area contributed by atoms with Crippen LogP contribution in [0.5, 0.6) is 0 Å². The highest BCUT2D eigenvalue weighted by Crippen LogP contribution is 2.45. The quantitative estimate of drug-likeness (QED) is 0.180. The van der Waals surface area contributed by atoms with E-state index in [4.69, 9.17) is 0 Å². The third kappa shape index (κ3) is 4.23. The molecule has 10 aromatic rings. The molecule has 238 valence electrons. The van der Waals surface area contributed by atoms with Crippen molar-refractivity contribution in [2.45, 2.75) is 6.42 Å². The number of hydrogen-bond acceptors (Lipinski definition) is 0. The minimum absolute atomic E-state index is 0.957. The number of hydrogen-bond donors (Lipinski definition) is 0. The van der Waals surface area contributed by atoms with E-state index in [0.29, 0.717) is 0 Å². The van der Waals surface area contributed by atoms with Gasteiger partial charge >= 0.3 is 0 Å². The van der Waals surface area contributed by atoms with Gasteiger partial charge in [-0.25, -0.2) is 0 Å². The fourth-order valence-electron chi connectivity index (χ4n) is 8.62. The van der Waals surface area contributed by atoms with E-state index in [2.05, 4.69) is 191 Å². The largest absolute Gasteiger partial charge is 0.309 e. The first-order valence-corrected chi connectivity index (χ1v) is 17.7. The van der Waals surface area contributed by atoms with E-state index in [1.54, 1.807) is 0 Å². The molecule has 0 unspecified atom stereocenters. The Kier molecular flexibility index (Phi) is 6.05. The fourth-order valence-corrected chi connectivity index (χ4v) is 8.62. The molecular weight excluding hydrogens is 617 g/mol. The lowest BCUT2D eigenvalue weighted by Crippen LogP contribution is -1.96. The molecule has 8 aromatic carbocycles. The van der Waals surface area contributed by atoms with Gasteiger partial charge in [-0.1, -0.05) is 127 Å². The van der Waals surface area contributed by atoms with Gasteiger partial charge in [0, 0.05) is 39.3 Å². The minimum atomic E-state index is 0.957. The zero-order valence-electron chi connectivity index (χ0n) is 27.9. The molecule has 0 saturated carbocycles. The summed E-state index contributed by atoms with van der Waals surface area (Å²) < 4.78 is 4.85. The van der Waals surface area contributed by atoms with E-state index in [1.807, 2.05) is 0 Å². The van der Waals surface area contributed by atoms with Gasteiger partial charge in [-0.2, -0.15) is 0 Å². The average molecular weight is 649 g/mol. The van der Waals surface area contributed by atoms with Crippen LogP contribution >= 0.6 is 0 Å². The molecule has 1 aliphatic carbocycles. The van der Waals surface area contributed by atoms with Crippen molar-refractivity contribution in [1.29, 1.82) is 0 Å². The van der Waals surface area contributed by atoms with Gasteiger partial charge in [-0.3, -0.25) is 0 Å². The van der Waals surface area contributed by atoms with Crippen LogP contribution in [0.25, 0.3) is 88.4 Å². The first kappa shape index (κ1) is 28.2. The van der Waals surface area contributed by atoms with Crippen LogP contribution in [0.15, 0.2) is 182 Å². The molecule has 2 heterocycles. The lowest BCUT2D eigenvalue weighted by molar-refractivity contribution is 1.15. The highest BCUT2D eigenvalue weighted by molar-refractivity contribution is 6.14. The highest BCUT2D eigenvalue weighted by atomic mass is 15.0. The molecule has 0 bridgehead atoms. The predicted octanol–water partition coefficient (Wildman–Crippen LogP) is 12.8. The maximum atomic E-state index is 2.48. The number of para-hydroxylation sites is 3. The molecule has 2 aromatic heterocycles. The van der Waals surface area contributed by atoms with Crippen molar-refractivity contribution in [2.75, 3.05) is 0 Å². The topological polar surface area (TPSA) is 9.86 Å². The van der Waals surface area contributed by atoms with Crippen molar-refractivity contribution in [3.05, 3.63) is 193 Å². The summed E-state index contributed by atoms with van der Waals surface area (Å²) in [5.41, 5.74) is 17.8. The van der Waals surface area contributed by atoms with Crippen LogP contribution in [-0.4, -0.2) is 9.13 Å². The fraction of sp³-hybridized carbons (Fsp3) is 0.0204. The summed E-state index contributed by atoms with van der Waals surface area (Å²) in [6, 6.07) is 66.7. The maximum Gasteiger partial charge on any atom is 0.0582 e. The Morgan fingerprint density at radius 1 is 0.333 bits per heavy atom. The maximum absolute atomic E-state index is 2.48. The number of rotatable bonds is 4. The van der Waals surface area contributed by atoms with Gasteiger partial charge in [0.2, 0.25) is 0 Å². The van der Waals surface area contributed by atoms with E-state index in [0.717, 1.165) is 6.42 Å². The van der Waals surface area contributed by atoms with Gasteiger partial charge in [-0.15, -0.1) is 0 Å². The van der Waals surface area contributed by atoms with E-state index < -0.39 is 0 Å². The molecule has 0 N–H and O–H groups in total.